The highest BCUT2D eigenvalue weighted by atomic mass is 13.7. The maximum Gasteiger partial charge on any atom is -0.0166 e. The number of allylic oxidation sites excluding steroid dienone is 5. The van der Waals surface area contributed by atoms with E-state index < -0.39 is 0 Å². The van der Waals surface area contributed by atoms with Gasteiger partial charge < -0.3 is 0 Å². The average Bonchev–Trinajstić information content (AvgIpc) is 1.81. The van der Waals surface area contributed by atoms with E-state index in [0.29, 0.717) is 0 Å². The zero-order valence-electron chi connectivity index (χ0n) is 5.30. The highest BCUT2D eigenvalue weighted by Gasteiger charge is 1.62. The summed E-state index contributed by atoms with van der Waals surface area (Å²) < 4.78 is 0. The van der Waals surface area contributed by atoms with Gasteiger partial charge in [0.2, 0.25) is 0 Å². The first-order chi connectivity index (χ1) is 3.91. The molecule has 0 rings (SSSR count). The molecule has 0 aromatic heterocycles. The van der Waals surface area contributed by atoms with Crippen molar-refractivity contribution in [1.82, 2.24) is 0 Å². The maximum absolute atomic E-state index is 3.55. The smallest absolute Gasteiger partial charge is 0.0166 e. The molecule has 0 fully saturated rings. The molecule has 0 aliphatic rings. The third kappa shape index (κ3) is 5.22. The highest BCUT2D eigenvalue weighted by molar-refractivity contribution is 5.00. The molecule has 0 amide bonds. The second kappa shape index (κ2) is 6.22. The summed E-state index contributed by atoms with van der Waals surface area (Å²) in [5, 5.41) is 0. The topological polar surface area (TPSA) is 0 Å². The summed E-state index contributed by atoms with van der Waals surface area (Å²) >= 11 is 0. The molecular weight excluding hydrogens is 96.1 g/mol. The monoisotopic (exact) mass is 108 g/mol. The minimum absolute atomic E-state index is 1.02. The van der Waals surface area contributed by atoms with Crippen molar-refractivity contribution >= 4 is 0 Å². The van der Waals surface area contributed by atoms with Crippen molar-refractivity contribution in [1.29, 1.82) is 0 Å². The molecule has 0 spiro atoms. The molecule has 0 heterocycles. The van der Waals surface area contributed by atoms with Gasteiger partial charge in [-0.3, -0.25) is 0 Å². The molecule has 0 aliphatic heterocycles. The molecule has 0 unspecified atom stereocenters. The molecule has 0 nitrogen and oxygen atoms in total. The van der Waals surface area contributed by atoms with Crippen LogP contribution in [0.2, 0.25) is 0 Å². The van der Waals surface area contributed by atoms with E-state index >= 15 is 0 Å². The van der Waals surface area contributed by atoms with Crippen LogP contribution in [0.25, 0.3) is 0 Å². The lowest BCUT2D eigenvalue weighted by Gasteiger charge is -1.74. The van der Waals surface area contributed by atoms with Gasteiger partial charge in [-0.1, -0.05) is 37.0 Å². The molecule has 0 N–H and O–H groups in total. The third-order valence-corrected chi connectivity index (χ3v) is 0.780. The highest BCUT2D eigenvalue weighted by Crippen LogP contribution is 1.84. The third-order valence-electron chi connectivity index (χ3n) is 0.780. The van der Waals surface area contributed by atoms with Crippen LogP contribution in [0, 0.1) is 0 Å². The van der Waals surface area contributed by atoms with Gasteiger partial charge in [0.05, 0.1) is 0 Å². The van der Waals surface area contributed by atoms with E-state index in [1.54, 1.807) is 6.08 Å². The zero-order chi connectivity index (χ0) is 6.24. The quantitative estimate of drug-likeness (QED) is 0.385. The van der Waals surface area contributed by atoms with Crippen LogP contribution in [0.15, 0.2) is 37.0 Å². The minimum Gasteiger partial charge on any atom is -0.0991 e. The van der Waals surface area contributed by atoms with Crippen molar-refractivity contribution in [2.24, 2.45) is 0 Å². The lowest BCUT2D eigenvalue weighted by Crippen LogP contribution is -1.53. The molecule has 0 heteroatoms. The fourth-order valence-corrected chi connectivity index (χ4v) is 0.389. The Morgan fingerprint density at radius 3 is 2.62 bits per heavy atom. The predicted octanol–water partition coefficient (Wildman–Crippen LogP) is 2.69. The van der Waals surface area contributed by atoms with Crippen LogP contribution >= 0.6 is 0 Å². The number of rotatable bonds is 3. The van der Waals surface area contributed by atoms with E-state index in [4.69, 9.17) is 0 Å². The molecular formula is C8H12. The summed E-state index contributed by atoms with van der Waals surface area (Å²) in [5.41, 5.74) is 0. The van der Waals surface area contributed by atoms with E-state index in [1.165, 1.54) is 0 Å². The first-order valence-electron chi connectivity index (χ1n) is 2.80. The maximum atomic E-state index is 3.55. The molecule has 44 valence electrons. The Bertz CT molecular complexity index is 96.6. The number of hydrogen-bond donors (Lipinski definition) is 0. The van der Waals surface area contributed by atoms with Crippen molar-refractivity contribution in [3.63, 3.8) is 0 Å². The fourth-order valence-electron chi connectivity index (χ4n) is 0.389. The second-order valence-electron chi connectivity index (χ2n) is 1.47. The Morgan fingerprint density at radius 2 is 2.12 bits per heavy atom. The van der Waals surface area contributed by atoms with Gasteiger partial charge in [0.15, 0.2) is 0 Å². The van der Waals surface area contributed by atoms with Crippen molar-refractivity contribution in [3.05, 3.63) is 37.0 Å². The molecule has 8 heavy (non-hydrogen) atoms. The van der Waals surface area contributed by atoms with Crippen LogP contribution in [0.1, 0.15) is 13.3 Å². The first-order valence-corrected chi connectivity index (χ1v) is 2.80. The SMILES string of the molecule is C=C/C=C\C/C=C/C. The van der Waals surface area contributed by atoms with Crippen LogP contribution in [-0.4, -0.2) is 0 Å². The number of hydrogen-bond acceptors (Lipinski definition) is 0. The van der Waals surface area contributed by atoms with Gasteiger partial charge >= 0.3 is 0 Å². The lowest BCUT2D eigenvalue weighted by molar-refractivity contribution is 1.38. The Labute approximate surface area is 51.2 Å². The van der Waals surface area contributed by atoms with E-state index in [-0.39, 0.29) is 0 Å². The molecule has 0 aromatic carbocycles. The molecule has 0 radical (unpaired) electrons. The summed E-state index contributed by atoms with van der Waals surface area (Å²) in [6.45, 7) is 5.56. The Balaban J connectivity index is 3.15. The largest absolute Gasteiger partial charge is 0.0991 e. The fraction of sp³-hybridized carbons (Fsp3) is 0.250. The average molecular weight is 108 g/mol. The van der Waals surface area contributed by atoms with Gasteiger partial charge in [0.1, 0.15) is 0 Å². The van der Waals surface area contributed by atoms with Crippen LogP contribution in [0.4, 0.5) is 0 Å². The Kier molecular flexibility index (Phi) is 5.61. The molecule has 0 saturated carbocycles. The van der Waals surface area contributed by atoms with E-state index in [0.717, 1.165) is 6.42 Å². The van der Waals surface area contributed by atoms with Gasteiger partial charge in [0.25, 0.3) is 0 Å². The van der Waals surface area contributed by atoms with Gasteiger partial charge in [0, 0.05) is 0 Å². The van der Waals surface area contributed by atoms with Crippen LogP contribution in [0.5, 0.6) is 0 Å². The molecule has 0 saturated heterocycles. The molecule has 0 aromatic rings. The Morgan fingerprint density at radius 1 is 1.38 bits per heavy atom. The summed E-state index contributed by atoms with van der Waals surface area (Å²) in [7, 11) is 0. The molecule has 0 bridgehead atoms. The zero-order valence-corrected chi connectivity index (χ0v) is 5.30. The molecule has 0 aliphatic carbocycles. The van der Waals surface area contributed by atoms with Gasteiger partial charge in [-0.25, -0.2) is 0 Å². The van der Waals surface area contributed by atoms with E-state index in [2.05, 4.69) is 18.7 Å². The summed E-state index contributed by atoms with van der Waals surface area (Å²) in [6.07, 6.45) is 10.9. The van der Waals surface area contributed by atoms with Crippen LogP contribution in [0.3, 0.4) is 0 Å². The van der Waals surface area contributed by atoms with Gasteiger partial charge in [-0.05, 0) is 13.3 Å². The van der Waals surface area contributed by atoms with Crippen LogP contribution < -0.4 is 0 Å². The normalized spacial score (nSPS) is 11.1. The predicted molar refractivity (Wildman–Crippen MR) is 38.8 cm³/mol. The summed E-state index contributed by atoms with van der Waals surface area (Å²) in [5.74, 6) is 0. The van der Waals surface area contributed by atoms with Crippen molar-refractivity contribution < 1.29 is 0 Å². The summed E-state index contributed by atoms with van der Waals surface area (Å²) in [6, 6.07) is 0. The van der Waals surface area contributed by atoms with E-state index in [9.17, 15) is 0 Å². The van der Waals surface area contributed by atoms with Crippen molar-refractivity contribution in [2.75, 3.05) is 0 Å². The van der Waals surface area contributed by atoms with Crippen molar-refractivity contribution in [3.8, 4) is 0 Å². The van der Waals surface area contributed by atoms with Gasteiger partial charge in [-0.15, -0.1) is 0 Å². The summed E-state index contributed by atoms with van der Waals surface area (Å²) in [4.78, 5) is 0. The molecule has 0 atom stereocenters. The minimum atomic E-state index is 1.02. The second-order valence-corrected chi connectivity index (χ2v) is 1.47. The lowest BCUT2D eigenvalue weighted by atomic mass is 10.3. The van der Waals surface area contributed by atoms with Gasteiger partial charge in [-0.2, -0.15) is 0 Å². The Hall–Kier alpha value is -0.780. The first kappa shape index (κ1) is 7.22. The van der Waals surface area contributed by atoms with E-state index in [1.807, 2.05) is 19.1 Å². The van der Waals surface area contributed by atoms with Crippen LogP contribution in [-0.2, 0) is 0 Å². The van der Waals surface area contributed by atoms with Crippen molar-refractivity contribution in [2.45, 2.75) is 13.3 Å². The standard InChI is InChI=1S/C8H12/c1-3-5-7-8-6-4-2/h3-7H,1,8H2,2H3/b6-4+,7-5-.